The molecule has 0 fully saturated rings. The quantitative estimate of drug-likeness (QED) is 0.663. The molecule has 7 heteroatoms. The molecule has 1 amide bonds. The molecule has 0 aliphatic rings. The van der Waals surface area contributed by atoms with Gasteiger partial charge in [-0.05, 0) is 18.6 Å². The van der Waals surface area contributed by atoms with Crippen molar-refractivity contribution in [2.24, 2.45) is 0 Å². The van der Waals surface area contributed by atoms with E-state index in [9.17, 15) is 14.4 Å². The van der Waals surface area contributed by atoms with E-state index in [2.05, 4.69) is 15.2 Å². The summed E-state index contributed by atoms with van der Waals surface area (Å²) in [6.07, 6.45) is 0.0455. The number of hydrogen-bond donors (Lipinski definition) is 1. The van der Waals surface area contributed by atoms with E-state index in [-0.39, 0.29) is 24.2 Å². The Morgan fingerprint density at radius 2 is 1.71 bits per heavy atom. The van der Waals surface area contributed by atoms with Gasteiger partial charge < -0.3 is 10.1 Å². The van der Waals surface area contributed by atoms with Crippen molar-refractivity contribution in [3.8, 4) is 0 Å². The highest BCUT2D eigenvalue weighted by Crippen LogP contribution is 2.14. The molecule has 0 saturated carbocycles. The van der Waals surface area contributed by atoms with Crippen LogP contribution < -0.4 is 10.9 Å². The summed E-state index contributed by atoms with van der Waals surface area (Å²) in [6.45, 7) is 1.96. The van der Waals surface area contributed by atoms with Crippen LogP contribution in [0.25, 0.3) is 10.8 Å². The molecule has 7 nitrogen and oxygen atoms in total. The third kappa shape index (κ3) is 4.25. The summed E-state index contributed by atoms with van der Waals surface area (Å²) in [5.74, 6) is -0.867. The molecule has 0 spiro atoms. The Bertz CT molecular complexity index is 1060. The Hall–Kier alpha value is -3.48. The molecule has 28 heavy (non-hydrogen) atoms. The average Bonchev–Trinajstić information content (AvgIpc) is 2.70. The van der Waals surface area contributed by atoms with Crippen molar-refractivity contribution in [2.45, 2.75) is 25.9 Å². The number of carbonyl (C=O) groups excluding carboxylic acids is 2. The van der Waals surface area contributed by atoms with Gasteiger partial charge in [0.05, 0.1) is 25.5 Å². The zero-order valence-electron chi connectivity index (χ0n) is 15.7. The lowest BCUT2D eigenvalue weighted by Crippen LogP contribution is -2.37. The van der Waals surface area contributed by atoms with Gasteiger partial charge in [0.2, 0.25) is 0 Å². The molecule has 0 saturated heterocycles. The number of rotatable bonds is 6. The largest absolute Gasteiger partial charge is 0.469 e. The third-order valence-corrected chi connectivity index (χ3v) is 4.34. The second-order valence-electron chi connectivity index (χ2n) is 6.50. The Morgan fingerprint density at radius 3 is 2.39 bits per heavy atom. The summed E-state index contributed by atoms with van der Waals surface area (Å²) in [4.78, 5) is 37.1. The maximum absolute atomic E-state index is 12.8. The maximum atomic E-state index is 12.8. The van der Waals surface area contributed by atoms with Gasteiger partial charge in [-0.15, -0.1) is 0 Å². The third-order valence-electron chi connectivity index (χ3n) is 4.34. The second-order valence-corrected chi connectivity index (χ2v) is 6.50. The fraction of sp³-hybridized carbons (Fsp3) is 0.238. The first-order chi connectivity index (χ1) is 13.5. The van der Waals surface area contributed by atoms with Gasteiger partial charge in [-0.3, -0.25) is 14.4 Å². The molecule has 0 aliphatic heterocycles. The average molecular weight is 379 g/mol. The van der Waals surface area contributed by atoms with Crippen molar-refractivity contribution in [2.75, 3.05) is 7.11 Å². The van der Waals surface area contributed by atoms with Crippen molar-refractivity contribution < 1.29 is 14.3 Å². The Labute approximate surface area is 161 Å². The summed E-state index contributed by atoms with van der Waals surface area (Å²) in [5.41, 5.74) is 0.777. The number of carbonyl (C=O) groups is 2. The minimum Gasteiger partial charge on any atom is -0.469 e. The summed E-state index contributed by atoms with van der Waals surface area (Å²) in [6, 6.07) is 15.9. The summed E-state index contributed by atoms with van der Waals surface area (Å²) in [7, 11) is 1.30. The molecule has 1 unspecified atom stereocenters. The standard InChI is InChI=1S/C21H21N3O4/c1-14(12-18(25)28-2)22-20(26)19-16-10-6-7-11-17(16)21(27)24(23-19)13-15-8-4-3-5-9-15/h3-11,14H,12-13H2,1-2H3,(H,22,26). The highest BCUT2D eigenvalue weighted by atomic mass is 16.5. The van der Waals surface area contributed by atoms with Crippen LogP contribution in [0.3, 0.4) is 0 Å². The second kappa shape index (κ2) is 8.47. The predicted octanol–water partition coefficient (Wildman–Crippen LogP) is 2.13. The van der Waals surface area contributed by atoms with Gasteiger partial charge >= 0.3 is 5.97 Å². The lowest BCUT2D eigenvalue weighted by Gasteiger charge is -2.15. The topological polar surface area (TPSA) is 90.3 Å². The zero-order chi connectivity index (χ0) is 20.1. The maximum Gasteiger partial charge on any atom is 0.307 e. The van der Waals surface area contributed by atoms with Crippen LogP contribution in [0.15, 0.2) is 59.4 Å². The lowest BCUT2D eigenvalue weighted by molar-refractivity contribution is -0.141. The molecule has 0 bridgehead atoms. The van der Waals surface area contributed by atoms with Gasteiger partial charge in [0.15, 0.2) is 5.69 Å². The molecular formula is C21H21N3O4. The number of benzene rings is 2. The van der Waals surface area contributed by atoms with Crippen LogP contribution in [-0.2, 0) is 16.1 Å². The smallest absolute Gasteiger partial charge is 0.307 e. The van der Waals surface area contributed by atoms with E-state index in [1.807, 2.05) is 30.3 Å². The summed E-state index contributed by atoms with van der Waals surface area (Å²) in [5, 5.41) is 7.96. The number of amides is 1. The van der Waals surface area contributed by atoms with Crippen LogP contribution in [0.4, 0.5) is 0 Å². The van der Waals surface area contributed by atoms with Gasteiger partial charge in [0.25, 0.3) is 11.5 Å². The molecule has 2 aromatic carbocycles. The van der Waals surface area contributed by atoms with Gasteiger partial charge in [0, 0.05) is 11.4 Å². The Morgan fingerprint density at radius 1 is 1.07 bits per heavy atom. The van der Waals surface area contributed by atoms with E-state index in [4.69, 9.17) is 0 Å². The summed E-state index contributed by atoms with van der Waals surface area (Å²) >= 11 is 0. The highest BCUT2D eigenvalue weighted by molar-refractivity contribution is 6.04. The van der Waals surface area contributed by atoms with E-state index in [0.29, 0.717) is 10.8 Å². The van der Waals surface area contributed by atoms with E-state index < -0.39 is 17.9 Å². The van der Waals surface area contributed by atoms with Crippen molar-refractivity contribution >= 4 is 22.6 Å². The SMILES string of the molecule is COC(=O)CC(C)NC(=O)c1nn(Cc2ccccc2)c(=O)c2ccccc12. The van der Waals surface area contributed by atoms with Crippen LogP contribution in [0.2, 0.25) is 0 Å². The van der Waals surface area contributed by atoms with Gasteiger partial charge in [-0.1, -0.05) is 48.5 Å². The van der Waals surface area contributed by atoms with Crippen molar-refractivity contribution in [3.63, 3.8) is 0 Å². The minimum absolute atomic E-state index is 0.0455. The van der Waals surface area contributed by atoms with E-state index in [1.54, 1.807) is 31.2 Å². The van der Waals surface area contributed by atoms with Crippen molar-refractivity contribution in [1.82, 2.24) is 15.1 Å². The van der Waals surface area contributed by atoms with Gasteiger partial charge in [-0.25, -0.2) is 4.68 Å². The number of nitrogens with zero attached hydrogens (tertiary/aromatic N) is 2. The van der Waals surface area contributed by atoms with Crippen molar-refractivity contribution in [3.05, 3.63) is 76.2 Å². The first-order valence-corrected chi connectivity index (χ1v) is 8.91. The number of aromatic nitrogens is 2. The molecule has 1 atom stereocenters. The molecule has 0 aliphatic carbocycles. The van der Waals surface area contributed by atoms with Crippen LogP contribution in [0.5, 0.6) is 0 Å². The van der Waals surface area contributed by atoms with Crippen molar-refractivity contribution in [1.29, 1.82) is 0 Å². The Kier molecular flexibility index (Phi) is 5.84. The normalized spacial score (nSPS) is 11.8. The van der Waals surface area contributed by atoms with E-state index >= 15 is 0 Å². The van der Waals surface area contributed by atoms with E-state index in [0.717, 1.165) is 5.56 Å². The predicted molar refractivity (Wildman–Crippen MR) is 105 cm³/mol. The number of nitrogens with one attached hydrogen (secondary N) is 1. The monoisotopic (exact) mass is 379 g/mol. The van der Waals surface area contributed by atoms with Gasteiger partial charge in [-0.2, -0.15) is 5.10 Å². The summed E-state index contributed by atoms with van der Waals surface area (Å²) < 4.78 is 5.92. The molecule has 1 aromatic heterocycles. The van der Waals surface area contributed by atoms with Crippen LogP contribution >= 0.6 is 0 Å². The fourth-order valence-corrected chi connectivity index (χ4v) is 2.94. The fourth-order valence-electron chi connectivity index (χ4n) is 2.94. The molecule has 1 heterocycles. The number of esters is 1. The molecular weight excluding hydrogens is 358 g/mol. The lowest BCUT2D eigenvalue weighted by atomic mass is 10.1. The zero-order valence-corrected chi connectivity index (χ0v) is 15.7. The molecule has 3 aromatic rings. The van der Waals surface area contributed by atoms with Crippen LogP contribution in [0.1, 0.15) is 29.4 Å². The highest BCUT2D eigenvalue weighted by Gasteiger charge is 2.19. The van der Waals surface area contributed by atoms with Gasteiger partial charge in [0.1, 0.15) is 0 Å². The van der Waals surface area contributed by atoms with Crippen LogP contribution in [-0.4, -0.2) is 34.8 Å². The first-order valence-electron chi connectivity index (χ1n) is 8.91. The molecule has 1 N–H and O–H groups in total. The number of hydrogen-bond acceptors (Lipinski definition) is 5. The van der Waals surface area contributed by atoms with E-state index in [1.165, 1.54) is 11.8 Å². The molecule has 0 radical (unpaired) electrons. The first kappa shape index (κ1) is 19.3. The minimum atomic E-state index is -0.450. The molecule has 3 rings (SSSR count). The molecule has 144 valence electrons. The number of fused-ring (bicyclic) bond motifs is 1. The Balaban J connectivity index is 1.99. The number of ether oxygens (including phenoxy) is 1. The number of methoxy groups -OCH3 is 1. The van der Waals surface area contributed by atoms with Crippen LogP contribution in [0, 0.1) is 0 Å².